The first-order valence-electron chi connectivity index (χ1n) is 12.3. The Kier molecular flexibility index (Phi) is 5.56. The van der Waals surface area contributed by atoms with Crippen molar-refractivity contribution >= 4 is 11.8 Å². The molecular weight excluding hydrogens is 449 g/mol. The van der Waals surface area contributed by atoms with Gasteiger partial charge in [-0.05, 0) is 69.7 Å². The fourth-order valence-electron chi connectivity index (χ4n) is 5.75. The Morgan fingerprint density at radius 1 is 1.17 bits per heavy atom. The smallest absolute Gasteiger partial charge is 0.337 e. The summed E-state index contributed by atoms with van der Waals surface area (Å²) in [6.45, 7) is 2.15. The molecule has 0 radical (unpaired) electrons. The third kappa shape index (κ3) is 4.20. The lowest BCUT2D eigenvalue weighted by Crippen LogP contribution is -2.46. The molecule has 2 bridgehead atoms. The fourth-order valence-corrected chi connectivity index (χ4v) is 5.75. The van der Waals surface area contributed by atoms with Crippen molar-refractivity contribution < 1.29 is 23.6 Å². The molecule has 3 aromatic rings. The van der Waals surface area contributed by atoms with Crippen molar-refractivity contribution in [3.63, 3.8) is 0 Å². The Morgan fingerprint density at radius 3 is 2.60 bits per heavy atom. The molecule has 0 amide bonds. The van der Waals surface area contributed by atoms with E-state index in [2.05, 4.69) is 15.0 Å². The van der Waals surface area contributed by atoms with Crippen molar-refractivity contribution in [1.82, 2.24) is 10.1 Å². The average molecular weight is 478 g/mol. The van der Waals surface area contributed by atoms with Crippen LogP contribution in [0.15, 0.2) is 40.9 Å². The maximum atomic E-state index is 13.9. The molecule has 35 heavy (non-hydrogen) atoms. The number of benzene rings is 1. The molecule has 2 aliphatic heterocycles. The SMILES string of the molecule is Cc1nc(N2C3CC[C@H]2CC(OCc2c(-c4cccc(F)c4)noc2C2CC2)C3)ccc1C(=O)O. The van der Waals surface area contributed by atoms with E-state index in [0.717, 1.165) is 55.7 Å². The topological polar surface area (TPSA) is 88.7 Å². The number of carboxylic acid groups (broad SMARTS) is 1. The van der Waals surface area contributed by atoms with Crippen LogP contribution in [0.3, 0.4) is 0 Å². The second-order valence-corrected chi connectivity index (χ2v) is 9.96. The Balaban J connectivity index is 1.18. The maximum absolute atomic E-state index is 13.9. The fraction of sp³-hybridized carbons (Fsp3) is 0.444. The molecule has 2 unspecified atom stereocenters. The predicted molar refractivity (Wildman–Crippen MR) is 127 cm³/mol. The van der Waals surface area contributed by atoms with Crippen LogP contribution in [0.2, 0.25) is 0 Å². The van der Waals surface area contributed by atoms with Crippen LogP contribution in [0.5, 0.6) is 0 Å². The first-order chi connectivity index (χ1) is 17.0. The summed E-state index contributed by atoms with van der Waals surface area (Å²) < 4.78 is 26.0. The Hall–Kier alpha value is -3.26. The van der Waals surface area contributed by atoms with Crippen LogP contribution in [-0.4, -0.2) is 39.4 Å². The molecular formula is C27H28FN3O4. The van der Waals surface area contributed by atoms with E-state index < -0.39 is 5.97 Å². The molecule has 3 fully saturated rings. The third-order valence-electron chi connectivity index (χ3n) is 7.58. The highest BCUT2D eigenvalue weighted by Crippen LogP contribution is 2.45. The number of aryl methyl sites for hydroxylation is 1. The van der Waals surface area contributed by atoms with E-state index in [4.69, 9.17) is 9.26 Å². The second kappa shape index (κ2) is 8.75. The number of fused-ring (bicyclic) bond motifs is 2. The normalized spacial score (nSPS) is 23.6. The van der Waals surface area contributed by atoms with Crippen molar-refractivity contribution in [2.75, 3.05) is 4.90 Å². The summed E-state index contributed by atoms with van der Waals surface area (Å²) in [6.07, 6.45) is 6.18. The van der Waals surface area contributed by atoms with Crippen molar-refractivity contribution in [3.05, 3.63) is 64.8 Å². The number of carboxylic acids is 1. The standard InChI is InChI=1S/C27H28FN3O4/c1-15-22(27(32)33)9-10-24(29-15)31-19-7-8-20(31)13-21(12-19)34-14-23-25(17-3-2-4-18(28)11-17)30-35-26(23)16-5-6-16/h2-4,9-11,16,19-21H,5-8,12-14H2,1H3,(H,32,33)/t19-,20?,21?/m0/s1. The van der Waals surface area contributed by atoms with Crippen LogP contribution < -0.4 is 4.90 Å². The van der Waals surface area contributed by atoms with Crippen LogP contribution in [0.4, 0.5) is 10.2 Å². The van der Waals surface area contributed by atoms with Gasteiger partial charge in [-0.1, -0.05) is 17.3 Å². The van der Waals surface area contributed by atoms with Gasteiger partial charge in [0.1, 0.15) is 23.1 Å². The molecule has 6 rings (SSSR count). The number of anilines is 1. The van der Waals surface area contributed by atoms with Gasteiger partial charge in [-0.25, -0.2) is 14.2 Å². The lowest BCUT2D eigenvalue weighted by atomic mass is 9.99. The molecule has 1 saturated carbocycles. The molecule has 2 saturated heterocycles. The van der Waals surface area contributed by atoms with Crippen LogP contribution in [0.25, 0.3) is 11.3 Å². The van der Waals surface area contributed by atoms with Gasteiger partial charge in [0.15, 0.2) is 0 Å². The molecule has 1 aliphatic carbocycles. The lowest BCUT2D eigenvalue weighted by Gasteiger charge is -2.39. The van der Waals surface area contributed by atoms with Gasteiger partial charge in [-0.15, -0.1) is 0 Å². The summed E-state index contributed by atoms with van der Waals surface area (Å²) >= 11 is 0. The highest BCUT2D eigenvalue weighted by atomic mass is 19.1. The number of carbonyl (C=O) groups is 1. The van der Waals surface area contributed by atoms with E-state index in [9.17, 15) is 14.3 Å². The van der Waals surface area contributed by atoms with E-state index in [1.807, 2.05) is 12.1 Å². The molecule has 3 aliphatic rings. The number of pyridine rings is 1. The molecule has 1 N–H and O–H groups in total. The van der Waals surface area contributed by atoms with Gasteiger partial charge in [0, 0.05) is 29.1 Å². The molecule has 2 aromatic heterocycles. The molecule has 0 spiro atoms. The molecule has 7 nitrogen and oxygen atoms in total. The summed E-state index contributed by atoms with van der Waals surface area (Å²) in [5, 5.41) is 13.6. The quantitative estimate of drug-likeness (QED) is 0.482. The Morgan fingerprint density at radius 2 is 1.94 bits per heavy atom. The maximum Gasteiger partial charge on any atom is 0.337 e. The second-order valence-electron chi connectivity index (χ2n) is 9.96. The predicted octanol–water partition coefficient (Wildman–Crippen LogP) is 5.48. The zero-order valence-electron chi connectivity index (χ0n) is 19.6. The molecule has 4 heterocycles. The van der Waals surface area contributed by atoms with Crippen molar-refractivity contribution in [2.45, 2.75) is 76.2 Å². The van der Waals surface area contributed by atoms with Crippen molar-refractivity contribution in [1.29, 1.82) is 0 Å². The zero-order valence-corrected chi connectivity index (χ0v) is 19.6. The minimum absolute atomic E-state index is 0.102. The first-order valence-corrected chi connectivity index (χ1v) is 12.3. The number of nitrogens with zero attached hydrogens (tertiary/aromatic N) is 3. The van der Waals surface area contributed by atoms with Crippen LogP contribution in [0, 0.1) is 12.7 Å². The van der Waals surface area contributed by atoms with Gasteiger partial charge >= 0.3 is 5.97 Å². The monoisotopic (exact) mass is 477 g/mol. The summed E-state index contributed by atoms with van der Waals surface area (Å²) in [7, 11) is 0. The molecule has 182 valence electrons. The number of rotatable bonds is 7. The Bertz CT molecular complexity index is 1260. The summed E-state index contributed by atoms with van der Waals surface area (Å²) in [6, 6.07) is 10.6. The summed E-state index contributed by atoms with van der Waals surface area (Å²) in [5.41, 5.74) is 3.10. The number of ether oxygens (including phenoxy) is 1. The highest BCUT2D eigenvalue weighted by Gasteiger charge is 2.42. The molecule has 3 atom stereocenters. The first kappa shape index (κ1) is 22.2. The van der Waals surface area contributed by atoms with Crippen LogP contribution >= 0.6 is 0 Å². The largest absolute Gasteiger partial charge is 0.478 e. The van der Waals surface area contributed by atoms with E-state index in [0.29, 0.717) is 41.6 Å². The van der Waals surface area contributed by atoms with E-state index in [1.54, 1.807) is 19.1 Å². The molecule has 1 aromatic carbocycles. The summed E-state index contributed by atoms with van der Waals surface area (Å²) in [4.78, 5) is 18.3. The van der Waals surface area contributed by atoms with Gasteiger partial charge < -0.3 is 19.3 Å². The highest BCUT2D eigenvalue weighted by molar-refractivity contribution is 5.89. The third-order valence-corrected chi connectivity index (χ3v) is 7.58. The average Bonchev–Trinajstić information content (AvgIpc) is 3.53. The van der Waals surface area contributed by atoms with Crippen LogP contribution in [-0.2, 0) is 11.3 Å². The summed E-state index contributed by atoms with van der Waals surface area (Å²) in [5.74, 6) is 0.859. The van der Waals surface area contributed by atoms with Gasteiger partial charge in [0.05, 0.1) is 24.0 Å². The number of aromatic nitrogens is 2. The number of hydrogen-bond acceptors (Lipinski definition) is 6. The lowest BCUT2D eigenvalue weighted by molar-refractivity contribution is 0.0146. The van der Waals surface area contributed by atoms with Gasteiger partial charge in [0.25, 0.3) is 0 Å². The van der Waals surface area contributed by atoms with Gasteiger partial charge in [0.2, 0.25) is 0 Å². The van der Waals surface area contributed by atoms with Gasteiger partial charge in [-0.3, -0.25) is 0 Å². The molecule has 8 heteroatoms. The minimum atomic E-state index is -0.950. The van der Waals surface area contributed by atoms with E-state index in [-0.39, 0.29) is 17.5 Å². The number of piperidine rings is 1. The van der Waals surface area contributed by atoms with Crippen molar-refractivity contribution in [2.24, 2.45) is 0 Å². The van der Waals surface area contributed by atoms with Gasteiger partial charge in [-0.2, -0.15) is 0 Å². The number of aromatic carboxylic acids is 1. The zero-order chi connectivity index (χ0) is 24.1. The number of halogens is 1. The Labute approximate surface area is 202 Å². The van der Waals surface area contributed by atoms with E-state index >= 15 is 0 Å². The van der Waals surface area contributed by atoms with Crippen LogP contribution in [0.1, 0.15) is 71.8 Å². The minimum Gasteiger partial charge on any atom is -0.478 e. The van der Waals surface area contributed by atoms with E-state index in [1.165, 1.54) is 12.1 Å². The number of hydrogen-bond donors (Lipinski definition) is 1. The van der Waals surface area contributed by atoms with Crippen molar-refractivity contribution in [3.8, 4) is 11.3 Å².